The lowest BCUT2D eigenvalue weighted by Gasteiger charge is -2.21. The van der Waals surface area contributed by atoms with Gasteiger partial charge in [0.1, 0.15) is 11.9 Å². The predicted octanol–water partition coefficient (Wildman–Crippen LogP) is 4.54. The number of nitro groups is 2. The Morgan fingerprint density at radius 3 is 1.78 bits per heavy atom. The Morgan fingerprint density at radius 2 is 1.33 bits per heavy atom. The van der Waals surface area contributed by atoms with Gasteiger partial charge >= 0.3 is 0 Å². The molecule has 2 N–H and O–H groups in total. The number of rotatable bonds is 11. The van der Waals surface area contributed by atoms with Crippen molar-refractivity contribution in [3.63, 3.8) is 0 Å². The monoisotopic (exact) mass is 492 g/mol. The number of ether oxygens (including phenoxy) is 1. The SMILES string of the molecule is CCCCOc1ccc(C(NC(=O)c2cccc([N+](=O)[O-])c2)NC(=O)c2cccc([N+](=O)[O-])c2)cc1. The van der Waals surface area contributed by atoms with E-state index in [1.807, 2.05) is 6.92 Å². The summed E-state index contributed by atoms with van der Waals surface area (Å²) in [6.45, 7) is 2.59. The zero-order valence-corrected chi connectivity index (χ0v) is 19.4. The molecule has 11 heteroatoms. The van der Waals surface area contributed by atoms with Gasteiger partial charge in [0.25, 0.3) is 23.2 Å². The lowest BCUT2D eigenvalue weighted by Crippen LogP contribution is -2.41. The maximum absolute atomic E-state index is 12.9. The molecule has 0 radical (unpaired) electrons. The molecule has 186 valence electrons. The molecule has 3 aromatic rings. The second-order valence-corrected chi connectivity index (χ2v) is 7.77. The Morgan fingerprint density at radius 1 is 0.833 bits per heavy atom. The quantitative estimate of drug-likeness (QED) is 0.172. The number of carbonyl (C=O) groups excluding carboxylic acids is 2. The molecular weight excluding hydrogens is 468 g/mol. The summed E-state index contributed by atoms with van der Waals surface area (Å²) in [7, 11) is 0. The molecule has 0 spiro atoms. The summed E-state index contributed by atoms with van der Waals surface area (Å²) < 4.78 is 5.65. The third-order valence-corrected chi connectivity index (χ3v) is 5.17. The first kappa shape index (κ1) is 25.8. The van der Waals surface area contributed by atoms with Gasteiger partial charge in [0, 0.05) is 35.4 Å². The lowest BCUT2D eigenvalue weighted by atomic mass is 10.1. The van der Waals surface area contributed by atoms with E-state index in [9.17, 15) is 29.8 Å². The van der Waals surface area contributed by atoms with E-state index in [1.165, 1.54) is 36.4 Å². The van der Waals surface area contributed by atoms with Crippen LogP contribution < -0.4 is 15.4 Å². The molecule has 0 aliphatic carbocycles. The summed E-state index contributed by atoms with van der Waals surface area (Å²) in [5, 5.41) is 27.5. The highest BCUT2D eigenvalue weighted by Crippen LogP contribution is 2.20. The summed E-state index contributed by atoms with van der Waals surface area (Å²) >= 11 is 0. The van der Waals surface area contributed by atoms with Gasteiger partial charge < -0.3 is 15.4 Å². The molecule has 0 atom stereocenters. The van der Waals surface area contributed by atoms with Crippen LogP contribution in [0.25, 0.3) is 0 Å². The third kappa shape index (κ3) is 6.86. The van der Waals surface area contributed by atoms with Crippen molar-refractivity contribution in [1.82, 2.24) is 10.6 Å². The summed E-state index contributed by atoms with van der Waals surface area (Å²) in [6, 6.07) is 17.1. The number of benzene rings is 3. The van der Waals surface area contributed by atoms with E-state index in [1.54, 1.807) is 24.3 Å². The van der Waals surface area contributed by atoms with Crippen molar-refractivity contribution in [2.75, 3.05) is 6.61 Å². The molecule has 11 nitrogen and oxygen atoms in total. The molecule has 0 saturated carbocycles. The minimum atomic E-state index is -1.05. The van der Waals surface area contributed by atoms with E-state index in [4.69, 9.17) is 4.74 Å². The molecule has 3 aromatic carbocycles. The van der Waals surface area contributed by atoms with E-state index in [0.29, 0.717) is 17.9 Å². The van der Waals surface area contributed by atoms with Crippen LogP contribution in [0.2, 0.25) is 0 Å². The maximum Gasteiger partial charge on any atom is 0.270 e. The van der Waals surface area contributed by atoms with Crippen LogP contribution in [0.5, 0.6) is 5.75 Å². The van der Waals surface area contributed by atoms with E-state index in [0.717, 1.165) is 25.0 Å². The number of non-ortho nitro benzene ring substituents is 2. The van der Waals surface area contributed by atoms with Crippen molar-refractivity contribution in [2.24, 2.45) is 0 Å². The first-order chi connectivity index (χ1) is 17.3. The highest BCUT2D eigenvalue weighted by Gasteiger charge is 2.21. The van der Waals surface area contributed by atoms with E-state index >= 15 is 0 Å². The van der Waals surface area contributed by atoms with Crippen LogP contribution in [0.1, 0.15) is 52.2 Å². The Bertz CT molecular complexity index is 1190. The van der Waals surface area contributed by atoms with E-state index in [2.05, 4.69) is 10.6 Å². The second-order valence-electron chi connectivity index (χ2n) is 7.77. The first-order valence-corrected chi connectivity index (χ1v) is 11.1. The third-order valence-electron chi connectivity index (χ3n) is 5.17. The summed E-state index contributed by atoms with van der Waals surface area (Å²) in [5.41, 5.74) is 0.0360. The molecule has 0 unspecified atom stereocenters. The van der Waals surface area contributed by atoms with Gasteiger partial charge in [-0.3, -0.25) is 29.8 Å². The van der Waals surface area contributed by atoms with Crippen LogP contribution in [0, 0.1) is 20.2 Å². The van der Waals surface area contributed by atoms with Crippen LogP contribution >= 0.6 is 0 Å². The Balaban J connectivity index is 1.86. The van der Waals surface area contributed by atoms with Gasteiger partial charge in [-0.1, -0.05) is 37.6 Å². The zero-order valence-electron chi connectivity index (χ0n) is 19.4. The Hall–Kier alpha value is -4.80. The minimum absolute atomic E-state index is 0.0262. The molecule has 3 rings (SSSR count). The number of unbranched alkanes of at least 4 members (excludes halogenated alkanes) is 1. The number of amides is 2. The first-order valence-electron chi connectivity index (χ1n) is 11.1. The molecule has 0 aromatic heterocycles. The fourth-order valence-electron chi connectivity index (χ4n) is 3.24. The molecule has 0 bridgehead atoms. The molecule has 0 fully saturated rings. The van der Waals surface area contributed by atoms with Crippen LogP contribution in [0.4, 0.5) is 11.4 Å². The number of nitrogens with one attached hydrogen (secondary N) is 2. The lowest BCUT2D eigenvalue weighted by molar-refractivity contribution is -0.385. The van der Waals surface area contributed by atoms with Gasteiger partial charge in [-0.2, -0.15) is 0 Å². The number of hydrogen-bond donors (Lipinski definition) is 2. The molecule has 0 heterocycles. The number of nitrogens with zero attached hydrogens (tertiary/aromatic N) is 2. The van der Waals surface area contributed by atoms with Crippen molar-refractivity contribution in [2.45, 2.75) is 25.9 Å². The highest BCUT2D eigenvalue weighted by molar-refractivity contribution is 5.97. The fourth-order valence-corrected chi connectivity index (χ4v) is 3.24. The van der Waals surface area contributed by atoms with Gasteiger partial charge in [-0.05, 0) is 36.2 Å². The van der Waals surface area contributed by atoms with E-state index < -0.39 is 27.8 Å². The molecule has 2 amide bonds. The molecule has 0 aliphatic rings. The standard InChI is InChI=1S/C25H24N4O7/c1-2-3-14-36-22-12-10-17(11-13-22)23(26-24(30)18-6-4-8-20(15-18)28(32)33)27-25(31)19-7-5-9-21(16-19)29(34)35/h4-13,15-16,23H,2-3,14H2,1H3,(H,26,30)(H,27,31). The Kier molecular flexibility index (Phi) is 8.65. The Labute approximate surface area is 206 Å². The average molecular weight is 492 g/mol. The molecule has 0 aliphatic heterocycles. The van der Waals surface area contributed by atoms with Crippen molar-refractivity contribution in [1.29, 1.82) is 0 Å². The normalized spacial score (nSPS) is 10.5. The average Bonchev–Trinajstić information content (AvgIpc) is 2.89. The van der Waals surface area contributed by atoms with Crippen LogP contribution in [-0.2, 0) is 0 Å². The topological polar surface area (TPSA) is 154 Å². The maximum atomic E-state index is 12.9. The fraction of sp³-hybridized carbons (Fsp3) is 0.200. The minimum Gasteiger partial charge on any atom is -0.494 e. The molecular formula is C25H24N4O7. The van der Waals surface area contributed by atoms with Crippen LogP contribution in [0.15, 0.2) is 72.8 Å². The van der Waals surface area contributed by atoms with Gasteiger partial charge in [0.05, 0.1) is 16.5 Å². The molecule has 36 heavy (non-hydrogen) atoms. The van der Waals surface area contributed by atoms with Gasteiger partial charge in [-0.15, -0.1) is 0 Å². The summed E-state index contributed by atoms with van der Waals surface area (Å²) in [4.78, 5) is 46.7. The van der Waals surface area contributed by atoms with Crippen LogP contribution in [0.3, 0.4) is 0 Å². The van der Waals surface area contributed by atoms with Crippen molar-refractivity contribution in [3.05, 3.63) is 110 Å². The van der Waals surface area contributed by atoms with Gasteiger partial charge in [-0.25, -0.2) is 0 Å². The zero-order chi connectivity index (χ0) is 26.1. The highest BCUT2D eigenvalue weighted by atomic mass is 16.6. The van der Waals surface area contributed by atoms with Gasteiger partial charge in [0.15, 0.2) is 0 Å². The number of nitro benzene ring substituents is 2. The predicted molar refractivity (Wildman–Crippen MR) is 131 cm³/mol. The van der Waals surface area contributed by atoms with Crippen molar-refractivity contribution < 1.29 is 24.2 Å². The summed E-state index contributed by atoms with van der Waals surface area (Å²) in [5.74, 6) is -0.710. The van der Waals surface area contributed by atoms with Gasteiger partial charge in [0.2, 0.25) is 0 Å². The van der Waals surface area contributed by atoms with Crippen molar-refractivity contribution in [3.8, 4) is 5.75 Å². The summed E-state index contributed by atoms with van der Waals surface area (Å²) in [6.07, 6.45) is 0.824. The smallest absolute Gasteiger partial charge is 0.270 e. The van der Waals surface area contributed by atoms with E-state index in [-0.39, 0.29) is 22.5 Å². The molecule has 0 saturated heterocycles. The number of carbonyl (C=O) groups is 2. The van der Waals surface area contributed by atoms with Crippen molar-refractivity contribution >= 4 is 23.2 Å². The largest absolute Gasteiger partial charge is 0.494 e. The second kappa shape index (κ2) is 12.1. The van der Waals surface area contributed by atoms with Crippen LogP contribution in [-0.4, -0.2) is 28.3 Å². The number of hydrogen-bond acceptors (Lipinski definition) is 7.